The third-order valence-electron chi connectivity index (χ3n) is 4.41. The Bertz CT molecular complexity index is 846. The Hall–Kier alpha value is -2.47. The van der Waals surface area contributed by atoms with E-state index in [1.54, 1.807) is 6.07 Å². The highest BCUT2D eigenvalue weighted by Crippen LogP contribution is 2.27. The van der Waals surface area contributed by atoms with E-state index in [-0.39, 0.29) is 11.7 Å². The number of rotatable bonds is 4. The van der Waals surface area contributed by atoms with Crippen molar-refractivity contribution < 1.29 is 19.0 Å². The normalized spacial score (nSPS) is 14.7. The molecule has 1 aliphatic rings. The molecule has 0 aliphatic carbocycles. The Balaban J connectivity index is 1.65. The summed E-state index contributed by atoms with van der Waals surface area (Å²) in [5, 5.41) is 9.36. The summed E-state index contributed by atoms with van der Waals surface area (Å²) in [6.45, 7) is 7.74. The zero-order chi connectivity index (χ0) is 19.6. The molecule has 1 N–H and O–H groups in total. The standard InChI is InChI=1S/C21H25FN2O3/c1-21(2,3)27-20(26)9-11-24-10-8-18-14(13-24)4-7-19(23-18)16-6-5-15(25)12-17(16)22/h4-7,12,25H,8-11,13H2,1-3H3. The van der Waals surface area contributed by atoms with Gasteiger partial charge in [0, 0.05) is 43.4 Å². The Morgan fingerprint density at radius 2 is 2.07 bits per heavy atom. The zero-order valence-corrected chi connectivity index (χ0v) is 16.0. The Labute approximate surface area is 158 Å². The molecule has 2 aromatic rings. The highest BCUT2D eigenvalue weighted by Gasteiger charge is 2.21. The predicted octanol–water partition coefficient (Wildman–Crippen LogP) is 3.68. The Morgan fingerprint density at radius 3 is 2.78 bits per heavy atom. The molecule has 5 nitrogen and oxygen atoms in total. The summed E-state index contributed by atoms with van der Waals surface area (Å²) in [5.41, 5.74) is 2.52. The van der Waals surface area contributed by atoms with Crippen LogP contribution in [-0.2, 0) is 22.5 Å². The lowest BCUT2D eigenvalue weighted by Crippen LogP contribution is -2.34. The van der Waals surface area contributed by atoms with Crippen LogP contribution < -0.4 is 0 Å². The highest BCUT2D eigenvalue weighted by molar-refractivity contribution is 5.70. The fourth-order valence-electron chi connectivity index (χ4n) is 3.17. The molecule has 3 rings (SSSR count). The van der Waals surface area contributed by atoms with Crippen molar-refractivity contribution in [3.05, 3.63) is 47.4 Å². The molecule has 0 saturated heterocycles. The first-order chi connectivity index (χ1) is 12.7. The number of ether oxygens (including phenoxy) is 1. The van der Waals surface area contributed by atoms with Gasteiger partial charge in [0.1, 0.15) is 17.2 Å². The van der Waals surface area contributed by atoms with Gasteiger partial charge in [-0.3, -0.25) is 14.7 Å². The van der Waals surface area contributed by atoms with Crippen LogP contribution in [-0.4, -0.2) is 39.7 Å². The minimum absolute atomic E-state index is 0.102. The molecule has 1 aliphatic heterocycles. The summed E-state index contributed by atoms with van der Waals surface area (Å²) in [6.07, 6.45) is 1.11. The summed E-state index contributed by atoms with van der Waals surface area (Å²) in [6, 6.07) is 7.84. The highest BCUT2D eigenvalue weighted by atomic mass is 19.1. The van der Waals surface area contributed by atoms with Gasteiger partial charge in [0.05, 0.1) is 12.1 Å². The SMILES string of the molecule is CC(C)(C)OC(=O)CCN1CCc2nc(-c3ccc(O)cc3F)ccc2C1. The average molecular weight is 372 g/mol. The number of carbonyl (C=O) groups excluding carboxylic acids is 1. The van der Waals surface area contributed by atoms with Crippen LogP contribution in [0.4, 0.5) is 4.39 Å². The van der Waals surface area contributed by atoms with Gasteiger partial charge in [-0.1, -0.05) is 6.07 Å². The Kier molecular flexibility index (Phi) is 5.46. The third-order valence-corrected chi connectivity index (χ3v) is 4.41. The summed E-state index contributed by atoms with van der Waals surface area (Å²) >= 11 is 0. The number of fused-ring (bicyclic) bond motifs is 1. The van der Waals surface area contributed by atoms with Crippen molar-refractivity contribution in [3.8, 4) is 17.0 Å². The number of aromatic hydroxyl groups is 1. The summed E-state index contributed by atoms with van der Waals surface area (Å²) in [4.78, 5) is 18.7. The molecule has 27 heavy (non-hydrogen) atoms. The molecule has 0 saturated carbocycles. The molecule has 0 radical (unpaired) electrons. The van der Waals surface area contributed by atoms with Gasteiger partial charge in [-0.15, -0.1) is 0 Å². The number of hydrogen-bond acceptors (Lipinski definition) is 5. The minimum Gasteiger partial charge on any atom is -0.508 e. The van der Waals surface area contributed by atoms with E-state index in [0.717, 1.165) is 30.3 Å². The van der Waals surface area contributed by atoms with Gasteiger partial charge in [0.2, 0.25) is 0 Å². The predicted molar refractivity (Wildman–Crippen MR) is 101 cm³/mol. The number of benzene rings is 1. The third kappa shape index (κ3) is 5.04. The van der Waals surface area contributed by atoms with E-state index in [4.69, 9.17) is 4.74 Å². The molecule has 0 spiro atoms. The van der Waals surface area contributed by atoms with Crippen molar-refractivity contribution in [2.75, 3.05) is 13.1 Å². The fraction of sp³-hybridized carbons (Fsp3) is 0.429. The Morgan fingerprint density at radius 1 is 1.30 bits per heavy atom. The molecule has 1 aromatic heterocycles. The van der Waals surface area contributed by atoms with Crippen LogP contribution in [0.1, 0.15) is 38.4 Å². The van der Waals surface area contributed by atoms with Crippen LogP contribution in [0.25, 0.3) is 11.3 Å². The molecular weight excluding hydrogens is 347 g/mol. The maximum absolute atomic E-state index is 14.1. The van der Waals surface area contributed by atoms with Crippen LogP contribution in [0.5, 0.6) is 5.75 Å². The van der Waals surface area contributed by atoms with Gasteiger partial charge in [-0.05, 0) is 44.5 Å². The topological polar surface area (TPSA) is 62.7 Å². The monoisotopic (exact) mass is 372 g/mol. The number of nitrogens with zero attached hydrogens (tertiary/aromatic N) is 2. The summed E-state index contributed by atoms with van der Waals surface area (Å²) in [5.74, 6) is -0.781. The molecular formula is C21H25FN2O3. The van der Waals surface area contributed by atoms with Gasteiger partial charge < -0.3 is 9.84 Å². The van der Waals surface area contributed by atoms with Crippen molar-refractivity contribution in [2.45, 2.75) is 45.8 Å². The number of esters is 1. The maximum atomic E-state index is 14.1. The van der Waals surface area contributed by atoms with Gasteiger partial charge in [0.15, 0.2) is 0 Å². The summed E-state index contributed by atoms with van der Waals surface area (Å²) < 4.78 is 19.4. The molecule has 1 aromatic carbocycles. The van der Waals surface area contributed by atoms with Gasteiger partial charge in [-0.25, -0.2) is 4.39 Å². The van der Waals surface area contributed by atoms with Crippen molar-refractivity contribution in [1.29, 1.82) is 0 Å². The first-order valence-corrected chi connectivity index (χ1v) is 9.13. The van der Waals surface area contributed by atoms with Crippen molar-refractivity contribution in [3.63, 3.8) is 0 Å². The van der Waals surface area contributed by atoms with Crippen molar-refractivity contribution in [1.82, 2.24) is 9.88 Å². The van der Waals surface area contributed by atoms with Crippen molar-refractivity contribution >= 4 is 5.97 Å². The molecule has 0 unspecified atom stereocenters. The summed E-state index contributed by atoms with van der Waals surface area (Å²) in [7, 11) is 0. The first kappa shape index (κ1) is 19.3. The molecule has 0 amide bonds. The second kappa shape index (κ2) is 7.64. The van der Waals surface area contributed by atoms with Crippen LogP contribution in [0.2, 0.25) is 0 Å². The second-order valence-electron chi connectivity index (χ2n) is 7.83. The van der Waals surface area contributed by atoms with Crippen LogP contribution in [0.3, 0.4) is 0 Å². The molecule has 0 atom stereocenters. The van der Waals surface area contributed by atoms with E-state index in [9.17, 15) is 14.3 Å². The van der Waals surface area contributed by atoms with Gasteiger partial charge in [0.25, 0.3) is 0 Å². The van der Waals surface area contributed by atoms with Crippen LogP contribution in [0.15, 0.2) is 30.3 Å². The minimum atomic E-state index is -0.489. The first-order valence-electron chi connectivity index (χ1n) is 9.13. The quantitative estimate of drug-likeness (QED) is 0.830. The number of phenolic OH excluding ortho intramolecular Hbond substituents is 1. The number of halogens is 1. The van der Waals surface area contributed by atoms with E-state index in [1.165, 1.54) is 12.1 Å². The van der Waals surface area contributed by atoms with Crippen LogP contribution in [0, 0.1) is 5.82 Å². The molecule has 0 fully saturated rings. The molecule has 0 bridgehead atoms. The lowest BCUT2D eigenvalue weighted by molar-refractivity contribution is -0.155. The van der Waals surface area contributed by atoms with E-state index in [1.807, 2.05) is 26.8 Å². The largest absolute Gasteiger partial charge is 0.508 e. The smallest absolute Gasteiger partial charge is 0.307 e. The van der Waals surface area contributed by atoms with Gasteiger partial charge >= 0.3 is 5.97 Å². The second-order valence-corrected chi connectivity index (χ2v) is 7.83. The lowest BCUT2D eigenvalue weighted by atomic mass is 10.0. The number of hydrogen-bond donors (Lipinski definition) is 1. The molecule has 6 heteroatoms. The lowest BCUT2D eigenvalue weighted by Gasteiger charge is -2.28. The fourth-order valence-corrected chi connectivity index (χ4v) is 3.17. The van der Waals surface area contributed by atoms with Gasteiger partial charge in [-0.2, -0.15) is 0 Å². The van der Waals surface area contributed by atoms with Crippen molar-refractivity contribution in [2.24, 2.45) is 0 Å². The van der Waals surface area contributed by atoms with E-state index in [0.29, 0.717) is 30.8 Å². The molecule has 144 valence electrons. The van der Waals surface area contributed by atoms with E-state index >= 15 is 0 Å². The van der Waals surface area contributed by atoms with E-state index < -0.39 is 11.4 Å². The van der Waals surface area contributed by atoms with Crippen LogP contribution >= 0.6 is 0 Å². The molecule has 2 heterocycles. The van der Waals surface area contributed by atoms with E-state index in [2.05, 4.69) is 9.88 Å². The zero-order valence-electron chi connectivity index (χ0n) is 16.0. The maximum Gasteiger partial charge on any atom is 0.307 e. The number of phenols is 1. The number of carbonyl (C=O) groups is 1. The number of pyridine rings is 1. The number of aromatic nitrogens is 1. The average Bonchev–Trinajstić information content (AvgIpc) is 2.58.